The van der Waals surface area contributed by atoms with E-state index in [-0.39, 0.29) is 6.10 Å². The lowest BCUT2D eigenvalue weighted by atomic mass is 9.80. The zero-order valence-corrected chi connectivity index (χ0v) is 10.7. The second-order valence-corrected chi connectivity index (χ2v) is 5.54. The third-order valence-corrected chi connectivity index (χ3v) is 4.46. The van der Waals surface area contributed by atoms with Crippen molar-refractivity contribution in [2.24, 2.45) is 5.92 Å². The van der Waals surface area contributed by atoms with Gasteiger partial charge in [-0.05, 0) is 32.2 Å². The molecule has 94 valence electrons. The quantitative estimate of drug-likeness (QED) is 0.766. The average molecular weight is 226 g/mol. The minimum Gasteiger partial charge on any atom is -0.393 e. The molecular formula is C13H26N2O. The number of rotatable bonds is 2. The lowest BCUT2D eigenvalue weighted by molar-refractivity contribution is 0.00659. The Balaban J connectivity index is 1.94. The van der Waals surface area contributed by atoms with Gasteiger partial charge in [0, 0.05) is 32.2 Å². The van der Waals surface area contributed by atoms with E-state index in [1.807, 2.05) is 0 Å². The van der Waals surface area contributed by atoms with Crippen molar-refractivity contribution < 1.29 is 5.11 Å². The highest BCUT2D eigenvalue weighted by atomic mass is 16.3. The van der Waals surface area contributed by atoms with Crippen molar-refractivity contribution in [3.05, 3.63) is 0 Å². The molecule has 3 atom stereocenters. The van der Waals surface area contributed by atoms with Gasteiger partial charge in [0.2, 0.25) is 0 Å². The maximum Gasteiger partial charge on any atom is 0.0555 e. The van der Waals surface area contributed by atoms with Crippen LogP contribution in [0.2, 0.25) is 0 Å². The maximum absolute atomic E-state index is 9.84. The topological polar surface area (TPSA) is 26.7 Å². The molecule has 0 amide bonds. The molecule has 3 nitrogen and oxygen atoms in total. The van der Waals surface area contributed by atoms with Crippen LogP contribution in [0.4, 0.5) is 0 Å². The maximum atomic E-state index is 9.84. The largest absolute Gasteiger partial charge is 0.393 e. The van der Waals surface area contributed by atoms with Crippen LogP contribution in [0, 0.1) is 5.92 Å². The summed E-state index contributed by atoms with van der Waals surface area (Å²) in [5, 5.41) is 9.84. The molecule has 2 rings (SSSR count). The van der Waals surface area contributed by atoms with Gasteiger partial charge >= 0.3 is 0 Å². The van der Waals surface area contributed by atoms with Crippen molar-refractivity contribution in [2.75, 3.05) is 33.2 Å². The first-order valence-corrected chi connectivity index (χ1v) is 6.81. The lowest BCUT2D eigenvalue weighted by Gasteiger charge is -2.44. The van der Waals surface area contributed by atoms with Crippen molar-refractivity contribution in [1.29, 1.82) is 0 Å². The van der Waals surface area contributed by atoms with Crippen LogP contribution in [-0.2, 0) is 0 Å². The number of hydrogen-bond donors (Lipinski definition) is 1. The van der Waals surface area contributed by atoms with Crippen molar-refractivity contribution in [1.82, 2.24) is 9.80 Å². The van der Waals surface area contributed by atoms with Crippen LogP contribution >= 0.6 is 0 Å². The average Bonchev–Trinajstić information content (AvgIpc) is 2.30. The summed E-state index contributed by atoms with van der Waals surface area (Å²) in [4.78, 5) is 5.02. The van der Waals surface area contributed by atoms with Gasteiger partial charge < -0.3 is 10.0 Å². The Labute approximate surface area is 99.4 Å². The fourth-order valence-electron chi connectivity index (χ4n) is 3.26. The lowest BCUT2D eigenvalue weighted by Crippen LogP contribution is -2.53. The summed E-state index contributed by atoms with van der Waals surface area (Å²) in [6.07, 6.45) is 4.45. The smallest absolute Gasteiger partial charge is 0.0555 e. The van der Waals surface area contributed by atoms with Crippen LogP contribution in [0.3, 0.4) is 0 Å². The summed E-state index contributed by atoms with van der Waals surface area (Å²) < 4.78 is 0. The third kappa shape index (κ3) is 2.76. The number of likely N-dealkylation sites (N-methyl/N-ethyl adjacent to an activating group) is 1. The summed E-state index contributed by atoms with van der Waals surface area (Å²) in [7, 11) is 2.20. The molecule has 0 spiro atoms. The number of piperazine rings is 1. The first kappa shape index (κ1) is 12.3. The molecule has 2 fully saturated rings. The van der Waals surface area contributed by atoms with E-state index < -0.39 is 0 Å². The highest BCUT2D eigenvalue weighted by Gasteiger charge is 2.33. The summed E-state index contributed by atoms with van der Waals surface area (Å²) >= 11 is 0. The summed E-state index contributed by atoms with van der Waals surface area (Å²) in [6, 6.07) is 0.641. The normalized spacial score (nSPS) is 38.8. The Morgan fingerprint density at radius 2 is 1.81 bits per heavy atom. The van der Waals surface area contributed by atoms with Gasteiger partial charge in [-0.15, -0.1) is 0 Å². The molecule has 0 bridgehead atoms. The summed E-state index contributed by atoms with van der Waals surface area (Å²) in [5.41, 5.74) is 0. The van der Waals surface area contributed by atoms with E-state index in [9.17, 15) is 5.11 Å². The number of nitrogens with zero attached hydrogens (tertiary/aromatic N) is 2. The molecule has 2 aliphatic rings. The molecule has 1 saturated carbocycles. The zero-order valence-electron chi connectivity index (χ0n) is 10.7. The molecule has 3 unspecified atom stereocenters. The van der Waals surface area contributed by atoms with Gasteiger partial charge in [-0.3, -0.25) is 4.90 Å². The van der Waals surface area contributed by atoms with Crippen LogP contribution in [0.1, 0.15) is 32.6 Å². The standard InChI is InChI=1S/C13H26N2O/c1-3-11-4-5-12(16)10-13(11)15-8-6-14(2)7-9-15/h11-13,16H,3-10H2,1-2H3. The fraction of sp³-hybridized carbons (Fsp3) is 1.00. The van der Waals surface area contributed by atoms with E-state index in [0.717, 1.165) is 18.8 Å². The van der Waals surface area contributed by atoms with Crippen LogP contribution in [0.15, 0.2) is 0 Å². The van der Waals surface area contributed by atoms with Gasteiger partial charge in [-0.25, -0.2) is 0 Å². The Morgan fingerprint density at radius 1 is 1.12 bits per heavy atom. The van der Waals surface area contributed by atoms with Gasteiger partial charge in [0.15, 0.2) is 0 Å². The monoisotopic (exact) mass is 226 g/mol. The van der Waals surface area contributed by atoms with Crippen LogP contribution in [-0.4, -0.2) is 60.3 Å². The molecule has 1 aliphatic heterocycles. The summed E-state index contributed by atoms with van der Waals surface area (Å²) in [5.74, 6) is 0.812. The Hall–Kier alpha value is -0.120. The van der Waals surface area contributed by atoms with E-state index in [0.29, 0.717) is 6.04 Å². The Morgan fingerprint density at radius 3 is 2.44 bits per heavy atom. The highest BCUT2D eigenvalue weighted by molar-refractivity contribution is 4.88. The zero-order chi connectivity index (χ0) is 11.5. The molecule has 0 aromatic rings. The summed E-state index contributed by atoms with van der Waals surface area (Å²) in [6.45, 7) is 7.03. The van der Waals surface area contributed by atoms with E-state index >= 15 is 0 Å². The van der Waals surface area contributed by atoms with E-state index in [4.69, 9.17) is 0 Å². The third-order valence-electron chi connectivity index (χ3n) is 4.46. The second kappa shape index (κ2) is 5.48. The molecule has 0 aromatic carbocycles. The van der Waals surface area contributed by atoms with Crippen LogP contribution < -0.4 is 0 Å². The van der Waals surface area contributed by atoms with E-state index in [1.54, 1.807) is 0 Å². The molecule has 0 aromatic heterocycles. The Bertz CT molecular complexity index is 214. The molecule has 1 aliphatic carbocycles. The second-order valence-electron chi connectivity index (χ2n) is 5.54. The van der Waals surface area contributed by atoms with Crippen molar-refractivity contribution in [3.8, 4) is 0 Å². The molecule has 1 N–H and O–H groups in total. The Kier molecular flexibility index (Phi) is 4.22. The predicted octanol–water partition coefficient (Wildman–Crippen LogP) is 1.17. The van der Waals surface area contributed by atoms with E-state index in [2.05, 4.69) is 23.8 Å². The van der Waals surface area contributed by atoms with E-state index in [1.165, 1.54) is 39.0 Å². The molecule has 1 heterocycles. The molecular weight excluding hydrogens is 200 g/mol. The van der Waals surface area contributed by atoms with Gasteiger partial charge in [0.05, 0.1) is 6.10 Å². The van der Waals surface area contributed by atoms with Crippen molar-refractivity contribution >= 4 is 0 Å². The van der Waals surface area contributed by atoms with Crippen molar-refractivity contribution in [3.63, 3.8) is 0 Å². The molecule has 3 heteroatoms. The van der Waals surface area contributed by atoms with Crippen LogP contribution in [0.25, 0.3) is 0 Å². The highest BCUT2D eigenvalue weighted by Crippen LogP contribution is 2.31. The SMILES string of the molecule is CCC1CCC(O)CC1N1CCN(C)CC1. The fourth-order valence-corrected chi connectivity index (χ4v) is 3.26. The van der Waals surface area contributed by atoms with Gasteiger partial charge in [0.1, 0.15) is 0 Å². The number of hydrogen-bond acceptors (Lipinski definition) is 3. The number of aliphatic hydroxyl groups excluding tert-OH is 1. The van der Waals surface area contributed by atoms with Gasteiger partial charge in [-0.1, -0.05) is 13.3 Å². The van der Waals surface area contributed by atoms with Crippen molar-refractivity contribution in [2.45, 2.75) is 44.8 Å². The minimum atomic E-state index is -0.0487. The molecule has 0 radical (unpaired) electrons. The van der Waals surface area contributed by atoms with Gasteiger partial charge in [0.25, 0.3) is 0 Å². The van der Waals surface area contributed by atoms with Crippen LogP contribution in [0.5, 0.6) is 0 Å². The first-order chi connectivity index (χ1) is 7.70. The molecule has 1 saturated heterocycles. The molecule has 16 heavy (non-hydrogen) atoms. The van der Waals surface area contributed by atoms with Gasteiger partial charge in [-0.2, -0.15) is 0 Å². The minimum absolute atomic E-state index is 0.0487. The predicted molar refractivity (Wildman–Crippen MR) is 66.5 cm³/mol. The first-order valence-electron chi connectivity index (χ1n) is 6.81. The number of aliphatic hydroxyl groups is 1.